The van der Waals surface area contributed by atoms with Crippen molar-refractivity contribution in [1.82, 2.24) is 15.5 Å². The lowest BCUT2D eigenvalue weighted by Crippen LogP contribution is -2.45. The van der Waals surface area contributed by atoms with Crippen LogP contribution in [0.5, 0.6) is 0 Å². The third-order valence-corrected chi connectivity index (χ3v) is 5.81. The van der Waals surface area contributed by atoms with Gasteiger partial charge in [0.05, 0.1) is 6.61 Å². The third-order valence-electron chi connectivity index (χ3n) is 5.81. The Balaban J connectivity index is 1.44. The Morgan fingerprint density at radius 2 is 1.86 bits per heavy atom. The number of ether oxygens (including phenoxy) is 1. The highest BCUT2D eigenvalue weighted by molar-refractivity contribution is 5.81. The zero-order valence-electron chi connectivity index (χ0n) is 17.2. The molecule has 1 saturated carbocycles. The zero-order chi connectivity index (χ0) is 19.8. The maximum atomic E-state index is 12.7. The highest BCUT2D eigenvalue weighted by Gasteiger charge is 2.31. The number of nitrogens with one attached hydrogen (secondary N) is 2. The molecule has 28 heavy (non-hydrogen) atoms. The van der Waals surface area contributed by atoms with E-state index in [1.165, 1.54) is 30.4 Å². The molecule has 0 radical (unpaired) electrons. The van der Waals surface area contributed by atoms with Gasteiger partial charge < -0.3 is 20.3 Å². The van der Waals surface area contributed by atoms with Crippen molar-refractivity contribution >= 4 is 11.9 Å². The summed E-state index contributed by atoms with van der Waals surface area (Å²) >= 11 is 0. The van der Waals surface area contributed by atoms with Gasteiger partial charge in [0.2, 0.25) is 5.91 Å². The molecule has 0 spiro atoms. The Morgan fingerprint density at radius 3 is 2.54 bits per heavy atom. The van der Waals surface area contributed by atoms with Crippen LogP contribution in [0.1, 0.15) is 49.7 Å². The smallest absolute Gasteiger partial charge is 0.225 e. The van der Waals surface area contributed by atoms with Gasteiger partial charge in [-0.1, -0.05) is 43.5 Å². The van der Waals surface area contributed by atoms with Crippen LogP contribution in [0.2, 0.25) is 0 Å². The van der Waals surface area contributed by atoms with E-state index in [0.29, 0.717) is 19.1 Å². The first-order valence-corrected chi connectivity index (χ1v) is 10.5. The second-order valence-corrected chi connectivity index (χ2v) is 7.92. The van der Waals surface area contributed by atoms with Crippen LogP contribution in [0.4, 0.5) is 0 Å². The Labute approximate surface area is 168 Å². The molecule has 1 saturated heterocycles. The average Bonchev–Trinajstić information content (AvgIpc) is 3.21. The van der Waals surface area contributed by atoms with Gasteiger partial charge in [-0.05, 0) is 30.4 Å². The Bertz CT molecular complexity index is 653. The van der Waals surface area contributed by atoms with Crippen molar-refractivity contribution in [3.8, 4) is 0 Å². The first kappa shape index (κ1) is 20.6. The highest BCUT2D eigenvalue weighted by atomic mass is 16.5. The van der Waals surface area contributed by atoms with E-state index in [4.69, 9.17) is 4.74 Å². The third kappa shape index (κ3) is 5.71. The molecule has 1 heterocycles. The standard InChI is InChI=1S/C22H34N4O2/c1-23-22(24-14-17-8-10-18(11-9-17)16-28-2)25-20-12-13-26(15-20)21(27)19-6-4-3-5-7-19/h8-11,19-20H,3-7,12-16H2,1-2H3,(H2,23,24,25). The summed E-state index contributed by atoms with van der Waals surface area (Å²) in [5, 5.41) is 6.86. The van der Waals surface area contributed by atoms with Crippen LogP contribution in [0.15, 0.2) is 29.3 Å². The zero-order valence-corrected chi connectivity index (χ0v) is 17.2. The van der Waals surface area contributed by atoms with E-state index in [2.05, 4.69) is 44.8 Å². The molecular formula is C22H34N4O2. The van der Waals surface area contributed by atoms with Gasteiger partial charge in [0.25, 0.3) is 0 Å². The molecule has 1 atom stereocenters. The van der Waals surface area contributed by atoms with Gasteiger partial charge in [-0.25, -0.2) is 0 Å². The number of guanidine groups is 1. The first-order valence-electron chi connectivity index (χ1n) is 10.5. The molecule has 2 fully saturated rings. The number of methoxy groups -OCH3 is 1. The van der Waals surface area contributed by atoms with Gasteiger partial charge >= 0.3 is 0 Å². The topological polar surface area (TPSA) is 66.0 Å². The van der Waals surface area contributed by atoms with Crippen LogP contribution in [-0.4, -0.2) is 50.1 Å². The van der Waals surface area contributed by atoms with Crippen molar-refractivity contribution in [2.24, 2.45) is 10.9 Å². The molecule has 0 aromatic heterocycles. The van der Waals surface area contributed by atoms with E-state index in [1.807, 2.05) is 0 Å². The summed E-state index contributed by atoms with van der Waals surface area (Å²) in [5.74, 6) is 1.41. The number of carbonyl (C=O) groups is 1. The van der Waals surface area contributed by atoms with Crippen molar-refractivity contribution in [1.29, 1.82) is 0 Å². The number of carbonyl (C=O) groups excluding carboxylic acids is 1. The number of benzene rings is 1. The summed E-state index contributed by atoms with van der Waals surface area (Å²) in [6, 6.07) is 8.65. The molecule has 1 amide bonds. The minimum Gasteiger partial charge on any atom is -0.380 e. The minimum absolute atomic E-state index is 0.256. The van der Waals surface area contributed by atoms with Crippen molar-refractivity contribution in [3.05, 3.63) is 35.4 Å². The average molecular weight is 387 g/mol. The first-order chi connectivity index (χ1) is 13.7. The number of likely N-dealkylation sites (tertiary alicyclic amines) is 1. The molecular weight excluding hydrogens is 352 g/mol. The van der Waals surface area contributed by atoms with Crippen LogP contribution in [0.3, 0.4) is 0 Å². The van der Waals surface area contributed by atoms with E-state index in [-0.39, 0.29) is 12.0 Å². The lowest BCUT2D eigenvalue weighted by atomic mass is 9.88. The van der Waals surface area contributed by atoms with E-state index in [1.54, 1.807) is 14.2 Å². The van der Waals surface area contributed by atoms with Crippen molar-refractivity contribution in [2.75, 3.05) is 27.2 Å². The second kappa shape index (κ2) is 10.5. The molecule has 154 valence electrons. The maximum Gasteiger partial charge on any atom is 0.225 e. The molecule has 1 unspecified atom stereocenters. The normalized spacial score (nSPS) is 21.0. The summed E-state index contributed by atoms with van der Waals surface area (Å²) < 4.78 is 5.15. The van der Waals surface area contributed by atoms with Gasteiger partial charge in [-0.15, -0.1) is 0 Å². The molecule has 6 heteroatoms. The molecule has 0 bridgehead atoms. The number of nitrogens with zero attached hydrogens (tertiary/aromatic N) is 2. The number of hydrogen-bond acceptors (Lipinski definition) is 3. The molecule has 3 rings (SSSR count). The van der Waals surface area contributed by atoms with E-state index in [9.17, 15) is 4.79 Å². The lowest BCUT2D eigenvalue weighted by molar-refractivity contribution is -0.135. The second-order valence-electron chi connectivity index (χ2n) is 7.92. The number of rotatable bonds is 6. The monoisotopic (exact) mass is 386 g/mol. The number of hydrogen-bond donors (Lipinski definition) is 2. The number of aliphatic imine (C=N–C) groups is 1. The van der Waals surface area contributed by atoms with Crippen LogP contribution < -0.4 is 10.6 Å². The summed E-state index contributed by atoms with van der Waals surface area (Å²) in [4.78, 5) is 19.1. The predicted octanol–water partition coefficient (Wildman–Crippen LogP) is 2.68. The van der Waals surface area contributed by atoms with Crippen LogP contribution in [0, 0.1) is 5.92 Å². The van der Waals surface area contributed by atoms with Gasteiger partial charge in [0.1, 0.15) is 0 Å². The largest absolute Gasteiger partial charge is 0.380 e. The fourth-order valence-electron chi connectivity index (χ4n) is 4.18. The molecule has 1 aromatic rings. The summed E-state index contributed by atoms with van der Waals surface area (Å²) in [6.45, 7) is 2.98. The van der Waals surface area contributed by atoms with E-state index < -0.39 is 0 Å². The summed E-state index contributed by atoms with van der Waals surface area (Å²) in [6.07, 6.45) is 6.81. The SMILES string of the molecule is CN=C(NCc1ccc(COC)cc1)NC1CCN(C(=O)C2CCCCC2)C1. The predicted molar refractivity (Wildman–Crippen MR) is 112 cm³/mol. The Kier molecular flexibility index (Phi) is 7.71. The molecule has 6 nitrogen and oxygen atoms in total. The molecule has 1 aromatic carbocycles. The summed E-state index contributed by atoms with van der Waals surface area (Å²) in [5.41, 5.74) is 2.37. The van der Waals surface area contributed by atoms with Gasteiger partial charge in [0.15, 0.2) is 5.96 Å². The lowest BCUT2D eigenvalue weighted by Gasteiger charge is -2.26. The van der Waals surface area contributed by atoms with E-state index in [0.717, 1.165) is 38.3 Å². The quantitative estimate of drug-likeness (QED) is 0.583. The fourth-order valence-corrected chi connectivity index (χ4v) is 4.18. The molecule has 1 aliphatic carbocycles. The van der Waals surface area contributed by atoms with Crippen LogP contribution in [-0.2, 0) is 22.7 Å². The van der Waals surface area contributed by atoms with Crippen LogP contribution >= 0.6 is 0 Å². The van der Waals surface area contributed by atoms with Gasteiger partial charge in [0, 0.05) is 45.8 Å². The molecule has 2 aliphatic rings. The van der Waals surface area contributed by atoms with Gasteiger partial charge in [-0.2, -0.15) is 0 Å². The van der Waals surface area contributed by atoms with Gasteiger partial charge in [-0.3, -0.25) is 9.79 Å². The van der Waals surface area contributed by atoms with E-state index >= 15 is 0 Å². The minimum atomic E-state index is 0.256. The highest BCUT2D eigenvalue weighted by Crippen LogP contribution is 2.26. The fraction of sp³-hybridized carbons (Fsp3) is 0.636. The Morgan fingerprint density at radius 1 is 1.14 bits per heavy atom. The Hall–Kier alpha value is -2.08. The van der Waals surface area contributed by atoms with Crippen molar-refractivity contribution in [2.45, 2.75) is 57.7 Å². The molecule has 2 N–H and O–H groups in total. The maximum absolute atomic E-state index is 12.7. The van der Waals surface area contributed by atoms with Crippen LogP contribution in [0.25, 0.3) is 0 Å². The van der Waals surface area contributed by atoms with Crippen molar-refractivity contribution in [3.63, 3.8) is 0 Å². The number of amides is 1. The van der Waals surface area contributed by atoms with Crippen molar-refractivity contribution < 1.29 is 9.53 Å². The molecule has 1 aliphatic heterocycles. The summed E-state index contributed by atoms with van der Waals surface area (Å²) in [7, 11) is 3.49.